The van der Waals surface area contributed by atoms with Gasteiger partial charge in [-0.1, -0.05) is 0 Å². The van der Waals surface area contributed by atoms with Gasteiger partial charge in [-0.3, -0.25) is 9.69 Å². The largest absolute Gasteiger partial charge is 0.390 e. The fourth-order valence-electron chi connectivity index (χ4n) is 7.19. The van der Waals surface area contributed by atoms with Gasteiger partial charge in [0.15, 0.2) is 0 Å². The predicted octanol–water partition coefficient (Wildman–Crippen LogP) is 2.80. The maximum Gasteiger partial charge on any atom is 0.261 e. The van der Waals surface area contributed by atoms with Crippen molar-refractivity contribution in [2.24, 2.45) is 17.8 Å². The van der Waals surface area contributed by atoms with Gasteiger partial charge in [0.05, 0.1) is 29.1 Å². The van der Waals surface area contributed by atoms with Crippen LogP contribution in [0.2, 0.25) is 0 Å². The SMILES string of the molecule is Cc1c(C(=O)NC2C3CC4CC2CC(O)(C4)C3)sc2ncnc(NCCCN3CCOCC3)c12. The fourth-order valence-corrected chi connectivity index (χ4v) is 8.24. The van der Waals surface area contributed by atoms with Gasteiger partial charge in [-0.05, 0) is 75.3 Å². The summed E-state index contributed by atoms with van der Waals surface area (Å²) in [6, 6.07) is 0.179. The molecule has 0 spiro atoms. The lowest BCUT2D eigenvalue weighted by molar-refractivity contribution is -0.136. The number of nitrogens with one attached hydrogen (secondary N) is 2. The van der Waals surface area contributed by atoms with Crippen molar-refractivity contribution in [3.05, 3.63) is 16.8 Å². The summed E-state index contributed by atoms with van der Waals surface area (Å²) >= 11 is 1.46. The lowest BCUT2D eigenvalue weighted by Crippen LogP contribution is -2.61. The number of thiophene rings is 1. The van der Waals surface area contributed by atoms with Gasteiger partial charge in [-0.15, -0.1) is 11.3 Å². The lowest BCUT2D eigenvalue weighted by atomic mass is 9.52. The number of amides is 1. The number of morpholine rings is 1. The van der Waals surface area contributed by atoms with Gasteiger partial charge >= 0.3 is 0 Å². The monoisotopic (exact) mass is 485 g/mol. The van der Waals surface area contributed by atoms with E-state index < -0.39 is 5.60 Å². The van der Waals surface area contributed by atoms with E-state index in [0.29, 0.717) is 17.8 Å². The molecule has 5 fully saturated rings. The Bertz CT molecular complexity index is 1050. The molecule has 2 atom stereocenters. The number of carbonyl (C=O) groups is 1. The molecule has 1 amide bonds. The second-order valence-electron chi connectivity index (χ2n) is 10.9. The third-order valence-electron chi connectivity index (χ3n) is 8.52. The Morgan fingerprint density at radius 2 is 2.00 bits per heavy atom. The van der Waals surface area contributed by atoms with E-state index in [2.05, 4.69) is 25.5 Å². The van der Waals surface area contributed by atoms with Crippen LogP contribution in [-0.4, -0.2) is 76.9 Å². The zero-order chi connectivity index (χ0) is 23.3. The number of aryl methyl sites for hydroxylation is 1. The molecule has 34 heavy (non-hydrogen) atoms. The Kier molecular flexibility index (Phi) is 6.00. The van der Waals surface area contributed by atoms with Crippen molar-refractivity contribution in [3.63, 3.8) is 0 Å². The van der Waals surface area contributed by atoms with Crippen LogP contribution >= 0.6 is 11.3 Å². The molecule has 4 aliphatic carbocycles. The smallest absolute Gasteiger partial charge is 0.261 e. The van der Waals surface area contributed by atoms with E-state index in [1.165, 1.54) is 11.3 Å². The maximum absolute atomic E-state index is 13.4. The van der Waals surface area contributed by atoms with Crippen LogP contribution in [-0.2, 0) is 4.74 Å². The Hall–Kier alpha value is -1.81. The van der Waals surface area contributed by atoms with Crippen LogP contribution in [0.5, 0.6) is 0 Å². The van der Waals surface area contributed by atoms with Gasteiger partial charge in [0.25, 0.3) is 5.91 Å². The molecule has 3 heterocycles. The highest BCUT2D eigenvalue weighted by molar-refractivity contribution is 7.20. The number of nitrogens with zero attached hydrogens (tertiary/aromatic N) is 3. The first-order valence-electron chi connectivity index (χ1n) is 12.8. The van der Waals surface area contributed by atoms with Crippen LogP contribution in [0.4, 0.5) is 5.82 Å². The van der Waals surface area contributed by atoms with E-state index in [9.17, 15) is 9.90 Å². The quantitative estimate of drug-likeness (QED) is 0.519. The van der Waals surface area contributed by atoms with E-state index in [1.807, 2.05) is 6.92 Å². The molecule has 2 aromatic rings. The highest BCUT2D eigenvalue weighted by atomic mass is 32.1. The average Bonchev–Trinajstić information content (AvgIpc) is 3.16. The molecule has 4 bridgehead atoms. The minimum Gasteiger partial charge on any atom is -0.390 e. The van der Waals surface area contributed by atoms with Gasteiger partial charge in [-0.2, -0.15) is 0 Å². The van der Waals surface area contributed by atoms with Crippen molar-refractivity contribution in [1.82, 2.24) is 20.2 Å². The van der Waals surface area contributed by atoms with Crippen molar-refractivity contribution < 1.29 is 14.6 Å². The number of rotatable bonds is 7. The molecular formula is C25H35N5O3S. The summed E-state index contributed by atoms with van der Waals surface area (Å²) in [7, 11) is 0. The molecule has 4 saturated carbocycles. The Morgan fingerprint density at radius 3 is 2.74 bits per heavy atom. The Morgan fingerprint density at radius 1 is 1.24 bits per heavy atom. The summed E-state index contributed by atoms with van der Waals surface area (Å²) in [5, 5.41) is 18.7. The minimum absolute atomic E-state index is 0.00299. The minimum atomic E-state index is -0.483. The predicted molar refractivity (Wildman–Crippen MR) is 132 cm³/mol. The first-order chi connectivity index (χ1) is 16.5. The molecule has 0 aromatic carbocycles. The summed E-state index contributed by atoms with van der Waals surface area (Å²) in [4.78, 5) is 26.4. The summed E-state index contributed by atoms with van der Waals surface area (Å²) in [5.41, 5.74) is 0.472. The summed E-state index contributed by atoms with van der Waals surface area (Å²) in [6.07, 6.45) is 7.51. The van der Waals surface area contributed by atoms with E-state index in [0.717, 1.165) is 104 Å². The third-order valence-corrected chi connectivity index (χ3v) is 9.72. The van der Waals surface area contributed by atoms with Crippen LogP contribution in [0.1, 0.15) is 53.8 Å². The van der Waals surface area contributed by atoms with Crippen molar-refractivity contribution in [2.45, 2.75) is 57.1 Å². The average molecular weight is 486 g/mol. The number of hydrogen-bond donors (Lipinski definition) is 3. The molecule has 7 rings (SSSR count). The Labute approximate surface area is 204 Å². The van der Waals surface area contributed by atoms with E-state index in [4.69, 9.17) is 4.74 Å². The van der Waals surface area contributed by atoms with Crippen LogP contribution in [0, 0.1) is 24.7 Å². The standard InChI is InChI=1S/C25H35N5O3S/c1-15-19-22(26-3-2-4-30-5-7-33-8-6-30)27-14-28-24(19)34-21(15)23(31)29-20-17-9-16-10-18(20)13-25(32,11-16)12-17/h14,16-18,20,32H,2-13H2,1H3,(H,29,31)(H,26,27,28). The summed E-state index contributed by atoms with van der Waals surface area (Å²) in [5.74, 6) is 2.26. The molecule has 9 heteroatoms. The third kappa shape index (κ3) is 4.21. The number of aromatic nitrogens is 2. The van der Waals surface area contributed by atoms with Crippen molar-refractivity contribution >= 4 is 33.3 Å². The Balaban J connectivity index is 1.13. The fraction of sp³-hybridized carbons (Fsp3) is 0.720. The zero-order valence-electron chi connectivity index (χ0n) is 19.9. The molecule has 2 aromatic heterocycles. The van der Waals surface area contributed by atoms with Crippen LogP contribution in [0.15, 0.2) is 6.33 Å². The van der Waals surface area contributed by atoms with E-state index >= 15 is 0 Å². The van der Waals surface area contributed by atoms with E-state index in [1.54, 1.807) is 6.33 Å². The topological polar surface area (TPSA) is 99.6 Å². The van der Waals surface area contributed by atoms with Crippen molar-refractivity contribution in [2.75, 3.05) is 44.7 Å². The zero-order valence-corrected chi connectivity index (χ0v) is 20.7. The number of hydrogen-bond acceptors (Lipinski definition) is 8. The molecular weight excluding hydrogens is 450 g/mol. The van der Waals surface area contributed by atoms with E-state index in [-0.39, 0.29) is 11.9 Å². The van der Waals surface area contributed by atoms with Gasteiger partial charge in [-0.25, -0.2) is 9.97 Å². The summed E-state index contributed by atoms with van der Waals surface area (Å²) in [6.45, 7) is 7.53. The van der Waals surface area contributed by atoms with Crippen LogP contribution < -0.4 is 10.6 Å². The second kappa shape index (κ2) is 9.00. The van der Waals surface area contributed by atoms with Gasteiger partial charge < -0.3 is 20.5 Å². The van der Waals surface area contributed by atoms with Gasteiger partial charge in [0.2, 0.25) is 0 Å². The highest BCUT2D eigenvalue weighted by Crippen LogP contribution is 2.55. The lowest BCUT2D eigenvalue weighted by Gasteiger charge is -2.58. The highest BCUT2D eigenvalue weighted by Gasteiger charge is 2.55. The number of ether oxygens (including phenoxy) is 1. The van der Waals surface area contributed by atoms with Crippen LogP contribution in [0.3, 0.4) is 0 Å². The van der Waals surface area contributed by atoms with Crippen LogP contribution in [0.25, 0.3) is 10.2 Å². The first kappa shape index (κ1) is 22.6. The second-order valence-corrected chi connectivity index (χ2v) is 11.9. The first-order valence-corrected chi connectivity index (χ1v) is 13.6. The molecule has 8 nitrogen and oxygen atoms in total. The molecule has 5 aliphatic rings. The number of aliphatic hydroxyl groups is 1. The summed E-state index contributed by atoms with van der Waals surface area (Å²) < 4.78 is 5.42. The van der Waals surface area contributed by atoms with Gasteiger partial charge in [0.1, 0.15) is 17.0 Å². The molecule has 1 aliphatic heterocycles. The molecule has 3 N–H and O–H groups in total. The number of carbonyl (C=O) groups excluding carboxylic acids is 1. The number of fused-ring (bicyclic) bond motifs is 1. The van der Waals surface area contributed by atoms with Crippen molar-refractivity contribution in [1.29, 1.82) is 0 Å². The molecule has 0 radical (unpaired) electrons. The van der Waals surface area contributed by atoms with Crippen molar-refractivity contribution in [3.8, 4) is 0 Å². The normalized spacial score (nSPS) is 32.9. The molecule has 1 saturated heterocycles. The van der Waals surface area contributed by atoms with Gasteiger partial charge in [0, 0.05) is 25.7 Å². The maximum atomic E-state index is 13.4. The number of anilines is 1. The molecule has 184 valence electrons. The molecule has 2 unspecified atom stereocenters.